The van der Waals surface area contributed by atoms with Gasteiger partial charge >= 0.3 is 0 Å². The zero-order valence-corrected chi connectivity index (χ0v) is 11.8. The van der Waals surface area contributed by atoms with Gasteiger partial charge in [-0.25, -0.2) is 4.39 Å². The zero-order chi connectivity index (χ0) is 15.0. The molecule has 2 aromatic rings. The van der Waals surface area contributed by atoms with Crippen molar-refractivity contribution in [1.82, 2.24) is 5.32 Å². The Hall–Kier alpha value is -2.36. The largest absolute Gasteiger partial charge is 0.399 e. The first-order valence-electron chi connectivity index (χ1n) is 7.00. The SMILES string of the molecule is Cc1ccc(C(=O)NC2CCc3cc(N)ccc32)c(F)c1. The number of nitrogens with two attached hydrogens (primary N) is 1. The Morgan fingerprint density at radius 1 is 1.29 bits per heavy atom. The summed E-state index contributed by atoms with van der Waals surface area (Å²) in [6.07, 6.45) is 1.69. The molecule has 0 bridgehead atoms. The highest BCUT2D eigenvalue weighted by molar-refractivity contribution is 5.94. The van der Waals surface area contributed by atoms with Gasteiger partial charge in [0.2, 0.25) is 0 Å². The summed E-state index contributed by atoms with van der Waals surface area (Å²) in [4.78, 5) is 12.2. The van der Waals surface area contributed by atoms with Crippen LogP contribution in [0.15, 0.2) is 36.4 Å². The fourth-order valence-corrected chi connectivity index (χ4v) is 2.83. The topological polar surface area (TPSA) is 55.1 Å². The Morgan fingerprint density at radius 2 is 2.10 bits per heavy atom. The molecule has 1 unspecified atom stereocenters. The Labute approximate surface area is 123 Å². The molecule has 2 aromatic carbocycles. The zero-order valence-electron chi connectivity index (χ0n) is 11.8. The lowest BCUT2D eigenvalue weighted by Gasteiger charge is -2.15. The van der Waals surface area contributed by atoms with E-state index in [9.17, 15) is 9.18 Å². The molecule has 1 amide bonds. The van der Waals surface area contributed by atoms with Crippen LogP contribution >= 0.6 is 0 Å². The van der Waals surface area contributed by atoms with Gasteiger partial charge in [0.1, 0.15) is 5.82 Å². The summed E-state index contributed by atoms with van der Waals surface area (Å²) < 4.78 is 13.8. The Morgan fingerprint density at radius 3 is 2.86 bits per heavy atom. The van der Waals surface area contributed by atoms with Gasteiger partial charge in [-0.2, -0.15) is 0 Å². The van der Waals surface area contributed by atoms with Gasteiger partial charge in [0.15, 0.2) is 0 Å². The van der Waals surface area contributed by atoms with Crippen LogP contribution in [0.1, 0.15) is 39.5 Å². The van der Waals surface area contributed by atoms with Crippen molar-refractivity contribution in [2.24, 2.45) is 0 Å². The average Bonchev–Trinajstić information content (AvgIpc) is 2.80. The van der Waals surface area contributed by atoms with E-state index < -0.39 is 5.82 Å². The van der Waals surface area contributed by atoms with Crippen molar-refractivity contribution in [3.8, 4) is 0 Å². The molecule has 0 saturated carbocycles. The van der Waals surface area contributed by atoms with Gasteiger partial charge < -0.3 is 11.1 Å². The van der Waals surface area contributed by atoms with Crippen LogP contribution in [0.3, 0.4) is 0 Å². The highest BCUT2D eigenvalue weighted by atomic mass is 19.1. The molecule has 0 aromatic heterocycles. The highest BCUT2D eigenvalue weighted by Crippen LogP contribution is 2.32. The molecule has 3 rings (SSSR count). The van der Waals surface area contributed by atoms with Crippen molar-refractivity contribution in [2.75, 3.05) is 5.73 Å². The van der Waals surface area contributed by atoms with Gasteiger partial charge in [0, 0.05) is 5.69 Å². The second-order valence-corrected chi connectivity index (χ2v) is 5.51. The number of nitrogens with one attached hydrogen (secondary N) is 1. The summed E-state index contributed by atoms with van der Waals surface area (Å²) in [5.41, 5.74) is 9.61. The molecule has 0 saturated heterocycles. The number of halogens is 1. The normalized spacial score (nSPS) is 16.6. The number of fused-ring (bicyclic) bond motifs is 1. The minimum Gasteiger partial charge on any atom is -0.399 e. The second-order valence-electron chi connectivity index (χ2n) is 5.51. The number of rotatable bonds is 2. The van der Waals surface area contributed by atoms with Crippen LogP contribution in [0.4, 0.5) is 10.1 Å². The van der Waals surface area contributed by atoms with Crippen LogP contribution in [0, 0.1) is 12.7 Å². The second kappa shape index (κ2) is 5.20. The molecular formula is C17H17FN2O. The van der Waals surface area contributed by atoms with E-state index in [1.807, 2.05) is 18.2 Å². The quantitative estimate of drug-likeness (QED) is 0.832. The lowest BCUT2D eigenvalue weighted by molar-refractivity contribution is 0.0932. The van der Waals surface area contributed by atoms with Crippen molar-refractivity contribution in [2.45, 2.75) is 25.8 Å². The number of anilines is 1. The number of carbonyl (C=O) groups excluding carboxylic acids is 1. The maximum absolute atomic E-state index is 13.8. The highest BCUT2D eigenvalue weighted by Gasteiger charge is 2.25. The summed E-state index contributed by atoms with van der Waals surface area (Å²) in [5, 5.41) is 2.91. The van der Waals surface area contributed by atoms with Crippen molar-refractivity contribution in [3.63, 3.8) is 0 Å². The molecule has 1 atom stereocenters. The Bertz CT molecular complexity index is 712. The summed E-state index contributed by atoms with van der Waals surface area (Å²) >= 11 is 0. The van der Waals surface area contributed by atoms with Crippen molar-refractivity contribution in [3.05, 3.63) is 64.5 Å². The van der Waals surface area contributed by atoms with E-state index in [1.54, 1.807) is 13.0 Å². The number of benzene rings is 2. The summed E-state index contributed by atoms with van der Waals surface area (Å²) in [6, 6.07) is 10.3. The average molecular weight is 284 g/mol. The molecule has 21 heavy (non-hydrogen) atoms. The van der Waals surface area contributed by atoms with E-state index in [0.29, 0.717) is 0 Å². The van der Waals surface area contributed by atoms with E-state index in [2.05, 4.69) is 5.32 Å². The molecule has 3 N–H and O–H groups in total. The van der Waals surface area contributed by atoms with E-state index >= 15 is 0 Å². The number of hydrogen-bond acceptors (Lipinski definition) is 2. The fourth-order valence-electron chi connectivity index (χ4n) is 2.83. The number of carbonyl (C=O) groups is 1. The Kier molecular flexibility index (Phi) is 3.37. The monoisotopic (exact) mass is 284 g/mol. The van der Waals surface area contributed by atoms with Crippen LogP contribution < -0.4 is 11.1 Å². The summed E-state index contributed by atoms with van der Waals surface area (Å²) in [6.45, 7) is 1.79. The van der Waals surface area contributed by atoms with Crippen molar-refractivity contribution >= 4 is 11.6 Å². The van der Waals surface area contributed by atoms with Crippen LogP contribution in [0.25, 0.3) is 0 Å². The van der Waals surface area contributed by atoms with E-state index in [0.717, 1.165) is 35.2 Å². The third-order valence-electron chi connectivity index (χ3n) is 3.92. The van der Waals surface area contributed by atoms with Crippen LogP contribution in [0.5, 0.6) is 0 Å². The molecule has 0 radical (unpaired) electrons. The molecular weight excluding hydrogens is 267 g/mol. The molecule has 3 nitrogen and oxygen atoms in total. The first-order valence-corrected chi connectivity index (χ1v) is 7.00. The minimum absolute atomic E-state index is 0.0752. The van der Waals surface area contributed by atoms with Crippen LogP contribution in [-0.4, -0.2) is 5.91 Å². The lowest BCUT2D eigenvalue weighted by Crippen LogP contribution is -2.27. The maximum atomic E-state index is 13.8. The number of amides is 1. The standard InChI is InChI=1S/C17H17FN2O/c1-10-2-5-14(15(18)8-10)17(21)20-16-7-3-11-9-12(19)4-6-13(11)16/h2,4-6,8-9,16H,3,7,19H2,1H3,(H,20,21). The van der Waals surface area contributed by atoms with E-state index in [4.69, 9.17) is 5.73 Å². The molecule has 0 heterocycles. The molecule has 4 heteroatoms. The Balaban J connectivity index is 1.81. The van der Waals surface area contributed by atoms with Gasteiger partial charge in [-0.15, -0.1) is 0 Å². The number of aryl methyl sites for hydroxylation is 2. The first-order chi connectivity index (χ1) is 10.0. The van der Waals surface area contributed by atoms with Gasteiger partial charge in [-0.3, -0.25) is 4.79 Å². The fraction of sp³-hybridized carbons (Fsp3) is 0.235. The summed E-state index contributed by atoms with van der Waals surface area (Å²) in [7, 11) is 0. The lowest BCUT2D eigenvalue weighted by atomic mass is 10.1. The van der Waals surface area contributed by atoms with Crippen LogP contribution in [-0.2, 0) is 6.42 Å². The molecule has 0 aliphatic heterocycles. The third-order valence-corrected chi connectivity index (χ3v) is 3.92. The van der Waals surface area contributed by atoms with Crippen molar-refractivity contribution < 1.29 is 9.18 Å². The summed E-state index contributed by atoms with van der Waals surface area (Å²) in [5.74, 6) is -0.856. The molecule has 108 valence electrons. The predicted octanol–water partition coefficient (Wildman–Crippen LogP) is 3.13. The van der Waals surface area contributed by atoms with Gasteiger partial charge in [0.25, 0.3) is 5.91 Å². The van der Waals surface area contributed by atoms with Crippen molar-refractivity contribution in [1.29, 1.82) is 0 Å². The smallest absolute Gasteiger partial charge is 0.254 e. The van der Waals surface area contributed by atoms with Gasteiger partial charge in [0.05, 0.1) is 11.6 Å². The van der Waals surface area contributed by atoms with E-state index in [1.165, 1.54) is 12.1 Å². The minimum atomic E-state index is -0.483. The number of nitrogen functional groups attached to an aromatic ring is 1. The molecule has 1 aliphatic rings. The molecule has 1 aliphatic carbocycles. The molecule has 0 spiro atoms. The number of hydrogen-bond donors (Lipinski definition) is 2. The van der Waals surface area contributed by atoms with Gasteiger partial charge in [-0.05, 0) is 60.7 Å². The first kappa shape index (κ1) is 13.6. The third kappa shape index (κ3) is 2.61. The van der Waals surface area contributed by atoms with Gasteiger partial charge in [-0.1, -0.05) is 12.1 Å². The van der Waals surface area contributed by atoms with E-state index in [-0.39, 0.29) is 17.5 Å². The predicted molar refractivity (Wildman–Crippen MR) is 80.5 cm³/mol. The molecule has 0 fully saturated rings. The maximum Gasteiger partial charge on any atom is 0.254 e. The van der Waals surface area contributed by atoms with Crippen LogP contribution in [0.2, 0.25) is 0 Å².